The van der Waals surface area contributed by atoms with Crippen molar-refractivity contribution in [3.8, 4) is 11.8 Å². The van der Waals surface area contributed by atoms with Gasteiger partial charge in [0.15, 0.2) is 5.88 Å². The van der Waals surface area contributed by atoms with Crippen molar-refractivity contribution in [2.75, 3.05) is 30.9 Å². The van der Waals surface area contributed by atoms with E-state index in [-0.39, 0.29) is 5.57 Å². The Bertz CT molecular complexity index is 785. The van der Waals surface area contributed by atoms with Gasteiger partial charge in [0.1, 0.15) is 23.2 Å². The molecule has 1 amide bonds. The van der Waals surface area contributed by atoms with Crippen molar-refractivity contribution >= 4 is 23.6 Å². The summed E-state index contributed by atoms with van der Waals surface area (Å²) in [4.78, 5) is 14.1. The zero-order valence-electron chi connectivity index (χ0n) is 13.9. The van der Waals surface area contributed by atoms with E-state index in [1.165, 1.54) is 6.08 Å². The molecule has 0 saturated heterocycles. The number of rotatable bonds is 6. The lowest BCUT2D eigenvalue weighted by Gasteiger charge is -2.07. The van der Waals surface area contributed by atoms with Gasteiger partial charge in [-0.25, -0.2) is 0 Å². The molecule has 0 spiro atoms. The van der Waals surface area contributed by atoms with E-state index in [0.717, 1.165) is 0 Å². The number of carbonyl (C=O) groups excluding carboxylic acids is 1. The summed E-state index contributed by atoms with van der Waals surface area (Å²) in [6, 6.07) is 12.4. The summed E-state index contributed by atoms with van der Waals surface area (Å²) in [5.74, 6) is 1.23. The highest BCUT2D eigenvalue weighted by Gasteiger charge is 2.12. The van der Waals surface area contributed by atoms with Gasteiger partial charge in [-0.2, -0.15) is 5.26 Å². The van der Waals surface area contributed by atoms with Crippen molar-refractivity contribution in [1.29, 1.82) is 5.26 Å². The quantitative estimate of drug-likeness (QED) is 0.651. The highest BCUT2D eigenvalue weighted by atomic mass is 16.5. The topological polar surface area (TPSA) is 78.5 Å². The van der Waals surface area contributed by atoms with Gasteiger partial charge >= 0.3 is 0 Å². The predicted octanol–water partition coefficient (Wildman–Crippen LogP) is 3.29. The first-order valence-corrected chi connectivity index (χ1v) is 7.46. The molecule has 2 aromatic rings. The molecular formula is C18H19N3O3. The highest BCUT2D eigenvalue weighted by molar-refractivity contribution is 6.09. The van der Waals surface area contributed by atoms with Crippen LogP contribution in [-0.4, -0.2) is 26.6 Å². The van der Waals surface area contributed by atoms with Crippen molar-refractivity contribution in [2.24, 2.45) is 0 Å². The van der Waals surface area contributed by atoms with Crippen LogP contribution in [0.1, 0.15) is 12.7 Å². The molecule has 1 aromatic carbocycles. The molecule has 0 atom stereocenters. The molecule has 24 heavy (non-hydrogen) atoms. The first kappa shape index (κ1) is 17.2. The second-order valence-corrected chi connectivity index (χ2v) is 5.16. The second kappa shape index (κ2) is 7.88. The fourth-order valence-electron chi connectivity index (χ4n) is 1.98. The number of nitrogens with zero attached hydrogens (tertiary/aromatic N) is 2. The van der Waals surface area contributed by atoms with Crippen molar-refractivity contribution in [1.82, 2.24) is 0 Å². The van der Waals surface area contributed by atoms with Crippen LogP contribution < -0.4 is 15.0 Å². The van der Waals surface area contributed by atoms with Crippen LogP contribution in [0, 0.1) is 11.3 Å². The van der Waals surface area contributed by atoms with Crippen LogP contribution in [0.15, 0.2) is 46.4 Å². The average molecular weight is 325 g/mol. The Labute approximate surface area is 140 Å². The van der Waals surface area contributed by atoms with Gasteiger partial charge < -0.3 is 19.4 Å². The van der Waals surface area contributed by atoms with Gasteiger partial charge in [-0.05, 0) is 25.1 Å². The van der Waals surface area contributed by atoms with E-state index in [0.29, 0.717) is 29.7 Å². The zero-order valence-corrected chi connectivity index (χ0v) is 13.9. The minimum absolute atomic E-state index is 0.0449. The summed E-state index contributed by atoms with van der Waals surface area (Å²) < 4.78 is 10.9. The molecule has 0 saturated carbocycles. The van der Waals surface area contributed by atoms with Gasteiger partial charge in [-0.3, -0.25) is 4.79 Å². The minimum Gasteiger partial charge on any atom is -0.494 e. The number of nitriles is 1. The van der Waals surface area contributed by atoms with E-state index in [4.69, 9.17) is 9.15 Å². The highest BCUT2D eigenvalue weighted by Crippen LogP contribution is 2.20. The van der Waals surface area contributed by atoms with Crippen LogP contribution in [0.25, 0.3) is 6.08 Å². The number of nitrogens with one attached hydrogen (secondary N) is 1. The Kier molecular flexibility index (Phi) is 5.63. The maximum atomic E-state index is 12.3. The van der Waals surface area contributed by atoms with Crippen molar-refractivity contribution in [2.45, 2.75) is 6.92 Å². The predicted molar refractivity (Wildman–Crippen MR) is 92.9 cm³/mol. The molecule has 0 fully saturated rings. The molecular weight excluding hydrogens is 306 g/mol. The first-order valence-electron chi connectivity index (χ1n) is 7.46. The first-order chi connectivity index (χ1) is 11.5. The average Bonchev–Trinajstić information content (AvgIpc) is 3.02. The van der Waals surface area contributed by atoms with Crippen LogP contribution in [-0.2, 0) is 4.79 Å². The molecule has 6 heteroatoms. The lowest BCUT2D eigenvalue weighted by molar-refractivity contribution is -0.112. The number of anilines is 2. The Hall–Kier alpha value is -3.20. The van der Waals surface area contributed by atoms with Crippen LogP contribution in [0.4, 0.5) is 11.6 Å². The van der Waals surface area contributed by atoms with Crippen LogP contribution in [0.3, 0.4) is 0 Å². The van der Waals surface area contributed by atoms with E-state index in [2.05, 4.69) is 5.32 Å². The molecule has 2 rings (SSSR count). The number of carbonyl (C=O) groups is 1. The fraction of sp³-hybridized carbons (Fsp3) is 0.222. The number of ether oxygens (including phenoxy) is 1. The molecule has 0 unspecified atom stereocenters. The molecule has 0 radical (unpaired) electrons. The number of benzene rings is 1. The zero-order chi connectivity index (χ0) is 17.5. The van der Waals surface area contributed by atoms with E-state index in [9.17, 15) is 10.1 Å². The number of amides is 1. The van der Waals surface area contributed by atoms with Gasteiger partial charge in [0.2, 0.25) is 0 Å². The van der Waals surface area contributed by atoms with Crippen LogP contribution >= 0.6 is 0 Å². The number of furan rings is 1. The molecule has 1 heterocycles. The maximum absolute atomic E-state index is 12.3. The molecule has 1 N–H and O–H groups in total. The summed E-state index contributed by atoms with van der Waals surface area (Å²) in [5, 5.41) is 11.9. The largest absolute Gasteiger partial charge is 0.494 e. The summed E-state index contributed by atoms with van der Waals surface area (Å²) >= 11 is 0. The van der Waals surface area contributed by atoms with Gasteiger partial charge in [-0.15, -0.1) is 0 Å². The Morgan fingerprint density at radius 3 is 2.79 bits per heavy atom. The SMILES string of the molecule is CCOc1cccc(NC(=O)C(C#N)=Cc2ccc(N(C)C)o2)c1. The molecule has 0 aliphatic heterocycles. The lowest BCUT2D eigenvalue weighted by Crippen LogP contribution is -2.13. The summed E-state index contributed by atoms with van der Waals surface area (Å²) in [7, 11) is 3.69. The van der Waals surface area contributed by atoms with E-state index in [1.54, 1.807) is 41.3 Å². The summed E-state index contributed by atoms with van der Waals surface area (Å²) in [6.07, 6.45) is 1.41. The van der Waals surface area contributed by atoms with Crippen molar-refractivity contribution < 1.29 is 13.9 Å². The third kappa shape index (κ3) is 4.40. The molecule has 124 valence electrons. The summed E-state index contributed by atoms with van der Waals surface area (Å²) in [5.41, 5.74) is 0.511. The lowest BCUT2D eigenvalue weighted by atomic mass is 10.2. The molecule has 0 aliphatic carbocycles. The Morgan fingerprint density at radius 2 is 2.17 bits per heavy atom. The maximum Gasteiger partial charge on any atom is 0.266 e. The van der Waals surface area contributed by atoms with Gasteiger partial charge in [0.25, 0.3) is 5.91 Å². The second-order valence-electron chi connectivity index (χ2n) is 5.16. The Morgan fingerprint density at radius 1 is 1.38 bits per heavy atom. The monoisotopic (exact) mass is 325 g/mol. The number of hydrogen-bond donors (Lipinski definition) is 1. The smallest absolute Gasteiger partial charge is 0.266 e. The van der Waals surface area contributed by atoms with Crippen molar-refractivity contribution in [3.05, 3.63) is 47.7 Å². The normalized spacial score (nSPS) is 10.8. The fourth-order valence-corrected chi connectivity index (χ4v) is 1.98. The molecule has 6 nitrogen and oxygen atoms in total. The third-order valence-electron chi connectivity index (χ3n) is 3.11. The minimum atomic E-state index is -0.506. The summed E-state index contributed by atoms with van der Waals surface area (Å²) in [6.45, 7) is 2.42. The van der Waals surface area contributed by atoms with Gasteiger partial charge in [-0.1, -0.05) is 6.07 Å². The van der Waals surface area contributed by atoms with Crippen molar-refractivity contribution in [3.63, 3.8) is 0 Å². The van der Waals surface area contributed by atoms with Crippen LogP contribution in [0.2, 0.25) is 0 Å². The van der Waals surface area contributed by atoms with E-state index >= 15 is 0 Å². The molecule has 1 aromatic heterocycles. The van der Waals surface area contributed by atoms with Gasteiger partial charge in [0, 0.05) is 38.0 Å². The third-order valence-corrected chi connectivity index (χ3v) is 3.11. The van der Waals surface area contributed by atoms with E-state index in [1.807, 2.05) is 27.1 Å². The van der Waals surface area contributed by atoms with Crippen LogP contribution in [0.5, 0.6) is 5.75 Å². The van der Waals surface area contributed by atoms with Gasteiger partial charge in [0.05, 0.1) is 6.61 Å². The van der Waals surface area contributed by atoms with E-state index < -0.39 is 5.91 Å². The number of hydrogen-bond acceptors (Lipinski definition) is 5. The molecule has 0 aliphatic rings. The molecule has 0 bridgehead atoms. The Balaban J connectivity index is 2.15. The standard InChI is InChI=1S/C18H19N3O3/c1-4-23-15-7-5-6-14(11-15)20-18(22)13(12-19)10-16-8-9-17(24-16)21(2)3/h5-11H,4H2,1-3H3,(H,20,22).